The summed E-state index contributed by atoms with van der Waals surface area (Å²) in [5, 5.41) is 13.1. The molecule has 2 aromatic heterocycles. The lowest BCUT2D eigenvalue weighted by atomic mass is 10.1. The molecule has 11 nitrogen and oxygen atoms in total. The van der Waals surface area contributed by atoms with Gasteiger partial charge in [-0.15, -0.1) is 0 Å². The van der Waals surface area contributed by atoms with Crippen LogP contribution < -0.4 is 5.56 Å². The molecule has 0 aromatic carbocycles. The van der Waals surface area contributed by atoms with E-state index in [1.807, 2.05) is 0 Å². The van der Waals surface area contributed by atoms with Crippen molar-refractivity contribution >= 4 is 17.8 Å². The van der Waals surface area contributed by atoms with Crippen molar-refractivity contribution in [3.8, 4) is 5.95 Å². The van der Waals surface area contributed by atoms with Crippen molar-refractivity contribution in [2.24, 2.45) is 0 Å². The number of hydrogen-bond acceptors (Lipinski definition) is 6. The number of carbonyl (C=O) groups is 3. The number of H-pyrrole nitrogens is 1. The Hall–Kier alpha value is -3.76. The first-order valence-electron chi connectivity index (χ1n) is 10.9. The molecule has 0 unspecified atom stereocenters. The number of aliphatic carboxylic acids is 1. The molecule has 11 heteroatoms. The lowest BCUT2D eigenvalue weighted by molar-refractivity contribution is -0.137. The highest BCUT2D eigenvalue weighted by Gasteiger charge is 2.28. The van der Waals surface area contributed by atoms with E-state index >= 15 is 0 Å². The maximum absolute atomic E-state index is 13.1. The van der Waals surface area contributed by atoms with E-state index in [1.165, 1.54) is 10.9 Å². The van der Waals surface area contributed by atoms with Crippen LogP contribution in [0.2, 0.25) is 0 Å². The largest absolute Gasteiger partial charge is 0.481 e. The number of amides is 2. The summed E-state index contributed by atoms with van der Waals surface area (Å²) >= 11 is 0. The van der Waals surface area contributed by atoms with Crippen molar-refractivity contribution in [3.63, 3.8) is 0 Å². The molecule has 0 radical (unpaired) electrons. The Morgan fingerprint density at radius 1 is 1.12 bits per heavy atom. The summed E-state index contributed by atoms with van der Waals surface area (Å²) in [6, 6.07) is 0. The predicted octanol–water partition coefficient (Wildman–Crippen LogP) is 0.458. The second kappa shape index (κ2) is 9.00. The SMILES string of the molecule is C=C(CCC(=O)O)C(=O)N1CCN(C(=O)c2cnn(-c3nc4c(c(=O)[nH]3)CCC4)c2C)CC1. The predicted molar refractivity (Wildman–Crippen MR) is 117 cm³/mol. The van der Waals surface area contributed by atoms with Gasteiger partial charge in [-0.25, -0.2) is 9.67 Å². The standard InChI is InChI=1S/C22H26N6O5/c1-13(6-7-18(29)30)20(32)26-8-10-27(11-9-26)21(33)16-12-23-28(14(16)2)22-24-17-5-3-4-15(17)19(31)25-22/h12H,1,3-11H2,2H3,(H,29,30)(H,24,25,31). The molecular weight excluding hydrogens is 428 g/mol. The highest BCUT2D eigenvalue weighted by molar-refractivity contribution is 5.96. The molecule has 0 bridgehead atoms. The van der Waals surface area contributed by atoms with Gasteiger partial charge < -0.3 is 14.9 Å². The quantitative estimate of drug-likeness (QED) is 0.604. The van der Waals surface area contributed by atoms with E-state index in [4.69, 9.17) is 5.11 Å². The minimum atomic E-state index is -0.977. The lowest BCUT2D eigenvalue weighted by Crippen LogP contribution is -2.51. The topological polar surface area (TPSA) is 141 Å². The van der Waals surface area contributed by atoms with E-state index in [2.05, 4.69) is 21.6 Å². The molecule has 2 amide bonds. The van der Waals surface area contributed by atoms with E-state index < -0.39 is 5.97 Å². The van der Waals surface area contributed by atoms with Crippen LogP contribution in [-0.4, -0.2) is 78.6 Å². The average Bonchev–Trinajstić information content (AvgIpc) is 3.43. The summed E-state index contributed by atoms with van der Waals surface area (Å²) < 4.78 is 1.47. The molecule has 33 heavy (non-hydrogen) atoms. The van der Waals surface area contributed by atoms with Gasteiger partial charge in [-0.2, -0.15) is 5.10 Å². The normalized spacial score (nSPS) is 15.4. The van der Waals surface area contributed by atoms with E-state index in [-0.39, 0.29) is 35.8 Å². The fourth-order valence-electron chi connectivity index (χ4n) is 4.23. The number of nitrogens with one attached hydrogen (secondary N) is 1. The van der Waals surface area contributed by atoms with E-state index in [9.17, 15) is 19.2 Å². The molecule has 1 fully saturated rings. The Morgan fingerprint density at radius 3 is 2.52 bits per heavy atom. The number of aryl methyl sites for hydroxylation is 1. The van der Waals surface area contributed by atoms with Gasteiger partial charge in [0.25, 0.3) is 11.5 Å². The highest BCUT2D eigenvalue weighted by atomic mass is 16.4. The van der Waals surface area contributed by atoms with Gasteiger partial charge in [0.15, 0.2) is 0 Å². The summed E-state index contributed by atoms with van der Waals surface area (Å²) in [4.78, 5) is 59.1. The van der Waals surface area contributed by atoms with Crippen LogP contribution in [0.5, 0.6) is 0 Å². The highest BCUT2D eigenvalue weighted by Crippen LogP contribution is 2.19. The van der Waals surface area contributed by atoms with Crippen LogP contribution >= 0.6 is 0 Å². The van der Waals surface area contributed by atoms with Crippen molar-refractivity contribution < 1.29 is 19.5 Å². The van der Waals surface area contributed by atoms with Crippen LogP contribution in [0.25, 0.3) is 5.95 Å². The number of piperazine rings is 1. The molecule has 3 heterocycles. The lowest BCUT2D eigenvalue weighted by Gasteiger charge is -2.35. The third-order valence-electron chi connectivity index (χ3n) is 6.17. The maximum atomic E-state index is 13.1. The number of carboxylic acid groups (broad SMARTS) is 1. The summed E-state index contributed by atoms with van der Waals surface area (Å²) in [6.45, 7) is 6.81. The number of carboxylic acids is 1. The van der Waals surface area contributed by atoms with Crippen molar-refractivity contribution in [2.45, 2.75) is 39.0 Å². The Morgan fingerprint density at radius 2 is 1.82 bits per heavy atom. The molecule has 0 spiro atoms. The van der Waals surface area contributed by atoms with Crippen LogP contribution in [0.3, 0.4) is 0 Å². The first-order valence-corrected chi connectivity index (χ1v) is 10.9. The first kappa shape index (κ1) is 22.4. The first-order chi connectivity index (χ1) is 15.8. The summed E-state index contributed by atoms with van der Waals surface area (Å²) in [6.07, 6.45) is 3.81. The van der Waals surface area contributed by atoms with E-state index in [0.717, 1.165) is 30.5 Å². The molecule has 174 valence electrons. The molecule has 1 aliphatic carbocycles. The minimum Gasteiger partial charge on any atom is -0.481 e. The zero-order valence-electron chi connectivity index (χ0n) is 18.5. The summed E-state index contributed by atoms with van der Waals surface area (Å²) in [5.74, 6) is -1.17. The summed E-state index contributed by atoms with van der Waals surface area (Å²) in [5.41, 5.74) is 2.57. The molecule has 1 saturated heterocycles. The summed E-state index contributed by atoms with van der Waals surface area (Å²) in [7, 11) is 0. The van der Waals surface area contributed by atoms with Gasteiger partial charge in [0.1, 0.15) is 0 Å². The third-order valence-corrected chi connectivity index (χ3v) is 6.17. The number of rotatable bonds is 6. The second-order valence-corrected chi connectivity index (χ2v) is 8.31. The molecule has 2 aromatic rings. The molecule has 0 atom stereocenters. The maximum Gasteiger partial charge on any atom is 0.303 e. The Kier molecular flexibility index (Phi) is 6.12. The number of aromatic amines is 1. The van der Waals surface area contributed by atoms with Crippen LogP contribution in [0, 0.1) is 6.92 Å². The number of carbonyl (C=O) groups excluding carboxylic acids is 2. The molecule has 2 N–H and O–H groups in total. The fraction of sp³-hybridized carbons (Fsp3) is 0.455. The van der Waals surface area contributed by atoms with Crippen LogP contribution in [0.4, 0.5) is 0 Å². The minimum absolute atomic E-state index is 0.102. The third kappa shape index (κ3) is 4.43. The van der Waals surface area contributed by atoms with Gasteiger partial charge in [0, 0.05) is 43.7 Å². The second-order valence-electron chi connectivity index (χ2n) is 8.31. The van der Waals surface area contributed by atoms with Gasteiger partial charge in [-0.05, 0) is 32.6 Å². The van der Waals surface area contributed by atoms with Gasteiger partial charge in [0.2, 0.25) is 11.9 Å². The number of aromatic nitrogens is 4. The van der Waals surface area contributed by atoms with Crippen LogP contribution in [0.15, 0.2) is 23.1 Å². The Bertz CT molecular complexity index is 1190. The van der Waals surface area contributed by atoms with Crippen molar-refractivity contribution in [2.75, 3.05) is 26.2 Å². The van der Waals surface area contributed by atoms with Crippen molar-refractivity contribution in [1.29, 1.82) is 0 Å². The van der Waals surface area contributed by atoms with E-state index in [1.54, 1.807) is 16.7 Å². The monoisotopic (exact) mass is 454 g/mol. The van der Waals surface area contributed by atoms with Crippen LogP contribution in [0.1, 0.15) is 46.6 Å². The Labute approximate surface area is 189 Å². The molecular formula is C22H26N6O5. The average molecular weight is 454 g/mol. The Balaban J connectivity index is 1.42. The number of hydrogen-bond donors (Lipinski definition) is 2. The molecule has 1 aliphatic heterocycles. The molecule has 4 rings (SSSR count). The smallest absolute Gasteiger partial charge is 0.303 e. The molecule has 2 aliphatic rings. The van der Waals surface area contributed by atoms with Gasteiger partial charge in [-0.3, -0.25) is 24.2 Å². The van der Waals surface area contributed by atoms with E-state index in [0.29, 0.717) is 43.4 Å². The van der Waals surface area contributed by atoms with Gasteiger partial charge in [0.05, 0.1) is 23.1 Å². The number of nitrogens with zero attached hydrogens (tertiary/aromatic N) is 5. The van der Waals surface area contributed by atoms with Gasteiger partial charge >= 0.3 is 5.97 Å². The zero-order chi connectivity index (χ0) is 23.7. The number of fused-ring (bicyclic) bond motifs is 1. The fourth-order valence-corrected chi connectivity index (χ4v) is 4.23. The van der Waals surface area contributed by atoms with Gasteiger partial charge in [-0.1, -0.05) is 6.58 Å². The van der Waals surface area contributed by atoms with Crippen LogP contribution in [-0.2, 0) is 22.4 Å². The van der Waals surface area contributed by atoms with Crippen molar-refractivity contribution in [1.82, 2.24) is 29.5 Å². The van der Waals surface area contributed by atoms with Crippen molar-refractivity contribution in [3.05, 3.63) is 51.2 Å². The molecule has 0 saturated carbocycles. The zero-order valence-corrected chi connectivity index (χ0v) is 18.5.